The molecule has 0 saturated carbocycles. The molecule has 2 amide bonds. The topological polar surface area (TPSA) is 79.0 Å². The summed E-state index contributed by atoms with van der Waals surface area (Å²) in [5.74, 6) is -2.06. The molecular formula is C22H15F5N4O2. The number of aromatic nitrogens is 2. The fourth-order valence-corrected chi connectivity index (χ4v) is 3.22. The number of benzene rings is 2. The highest BCUT2D eigenvalue weighted by molar-refractivity contribution is 6.05. The Balaban J connectivity index is 1.55. The number of hydrogen-bond donors (Lipinski definition) is 3. The second-order valence-electron chi connectivity index (χ2n) is 6.89. The monoisotopic (exact) mass is 462 g/mol. The van der Waals surface area contributed by atoms with Gasteiger partial charge in [0, 0.05) is 17.3 Å². The van der Waals surface area contributed by atoms with Crippen LogP contribution < -0.4 is 15.4 Å². The van der Waals surface area contributed by atoms with Crippen LogP contribution in [0.4, 0.5) is 38.1 Å². The molecule has 6 nitrogen and oxygen atoms in total. The zero-order valence-corrected chi connectivity index (χ0v) is 16.8. The number of amides is 2. The first kappa shape index (κ1) is 22.1. The van der Waals surface area contributed by atoms with Gasteiger partial charge in [-0.05, 0) is 48.5 Å². The maximum absolute atomic E-state index is 14.4. The molecule has 170 valence electrons. The van der Waals surface area contributed by atoms with Crippen molar-refractivity contribution in [2.45, 2.75) is 6.18 Å². The molecule has 0 fully saturated rings. The number of rotatable bonds is 4. The summed E-state index contributed by atoms with van der Waals surface area (Å²) >= 11 is 0. The summed E-state index contributed by atoms with van der Waals surface area (Å²) in [4.78, 5) is 19.4. The van der Waals surface area contributed by atoms with Gasteiger partial charge in [-0.2, -0.15) is 13.2 Å². The molecule has 0 bridgehead atoms. The highest BCUT2D eigenvalue weighted by Gasteiger charge is 2.30. The normalized spacial score (nSPS) is 11.5. The number of ether oxygens (including phenoxy) is 1. The minimum Gasteiger partial charge on any atom is -0.496 e. The second kappa shape index (κ2) is 8.41. The number of pyridine rings is 1. The molecule has 0 spiro atoms. The second-order valence-corrected chi connectivity index (χ2v) is 6.89. The van der Waals surface area contributed by atoms with Crippen molar-refractivity contribution in [3.05, 3.63) is 71.9 Å². The van der Waals surface area contributed by atoms with Crippen molar-refractivity contribution < 1.29 is 31.5 Å². The van der Waals surface area contributed by atoms with Crippen LogP contribution in [0.5, 0.6) is 5.75 Å². The lowest BCUT2D eigenvalue weighted by atomic mass is 10.1. The third-order valence-electron chi connectivity index (χ3n) is 4.79. The molecule has 3 N–H and O–H groups in total. The first-order chi connectivity index (χ1) is 15.7. The molecule has 11 heteroatoms. The Kier molecular flexibility index (Phi) is 5.62. The summed E-state index contributed by atoms with van der Waals surface area (Å²) in [6, 6.07) is 8.49. The van der Waals surface area contributed by atoms with Crippen LogP contribution in [0.3, 0.4) is 0 Å². The van der Waals surface area contributed by atoms with E-state index in [1.165, 1.54) is 25.4 Å². The Morgan fingerprint density at radius 2 is 1.73 bits per heavy atom. The molecule has 2 heterocycles. The summed E-state index contributed by atoms with van der Waals surface area (Å²) in [5, 5.41) is 5.46. The average molecular weight is 462 g/mol. The summed E-state index contributed by atoms with van der Waals surface area (Å²) in [6.07, 6.45) is -3.04. The number of carbonyl (C=O) groups excluding carboxylic acids is 1. The van der Waals surface area contributed by atoms with Gasteiger partial charge in [-0.3, -0.25) is 0 Å². The number of halogens is 5. The van der Waals surface area contributed by atoms with Gasteiger partial charge in [0.05, 0.1) is 29.6 Å². The van der Waals surface area contributed by atoms with E-state index in [-0.39, 0.29) is 28.3 Å². The standard InChI is InChI=1S/C22H15F5N4O2/c1-33-17-9-7-14(23)19(24)18(17)15-8-6-13-16(10-28-20(13)30-15)31-21(32)29-12-4-2-11(3-5-12)22(25,26)27/h2-10H,1H3,(H,28,30)(H2,29,31,32). The van der Waals surface area contributed by atoms with E-state index >= 15 is 0 Å². The number of alkyl halides is 3. The Morgan fingerprint density at radius 1 is 1.00 bits per heavy atom. The van der Waals surface area contributed by atoms with E-state index in [1.54, 1.807) is 6.07 Å². The molecule has 4 rings (SSSR count). The van der Waals surface area contributed by atoms with Crippen LogP contribution >= 0.6 is 0 Å². The Hall–Kier alpha value is -4.15. The smallest absolute Gasteiger partial charge is 0.416 e. The zero-order chi connectivity index (χ0) is 23.8. The van der Waals surface area contributed by atoms with Crippen LogP contribution in [0, 0.1) is 11.6 Å². The minimum absolute atomic E-state index is 0.0987. The van der Waals surface area contributed by atoms with Gasteiger partial charge in [0.1, 0.15) is 11.4 Å². The lowest BCUT2D eigenvalue weighted by Crippen LogP contribution is -2.19. The van der Waals surface area contributed by atoms with Gasteiger partial charge >= 0.3 is 12.2 Å². The number of methoxy groups -OCH3 is 1. The van der Waals surface area contributed by atoms with Gasteiger partial charge in [-0.25, -0.2) is 18.6 Å². The summed E-state index contributed by atoms with van der Waals surface area (Å²) in [7, 11) is 1.32. The zero-order valence-electron chi connectivity index (χ0n) is 16.8. The average Bonchev–Trinajstić information content (AvgIpc) is 3.17. The molecule has 33 heavy (non-hydrogen) atoms. The number of hydrogen-bond acceptors (Lipinski definition) is 3. The number of H-pyrrole nitrogens is 1. The predicted octanol–water partition coefficient (Wildman–Crippen LogP) is 6.18. The third kappa shape index (κ3) is 4.43. The highest BCUT2D eigenvalue weighted by atomic mass is 19.4. The molecule has 0 aliphatic heterocycles. The molecule has 2 aromatic heterocycles. The lowest BCUT2D eigenvalue weighted by Gasteiger charge is -2.10. The minimum atomic E-state index is -4.48. The summed E-state index contributed by atoms with van der Waals surface area (Å²) in [6.45, 7) is 0. The van der Waals surface area contributed by atoms with Crippen molar-refractivity contribution in [3.63, 3.8) is 0 Å². The summed E-state index contributed by atoms with van der Waals surface area (Å²) in [5.41, 5.74) is -0.113. The van der Waals surface area contributed by atoms with Crippen molar-refractivity contribution in [1.29, 1.82) is 0 Å². The van der Waals surface area contributed by atoms with Gasteiger partial charge in [0.2, 0.25) is 0 Å². The van der Waals surface area contributed by atoms with E-state index in [9.17, 15) is 26.7 Å². The maximum Gasteiger partial charge on any atom is 0.416 e. The number of urea groups is 1. The SMILES string of the molecule is COc1ccc(F)c(F)c1-c1ccc2c(NC(=O)Nc3ccc(C(F)(F)F)cc3)c[nH]c2n1. The van der Waals surface area contributed by atoms with Crippen LogP contribution in [0.25, 0.3) is 22.3 Å². The number of fused-ring (bicyclic) bond motifs is 1. The first-order valence-corrected chi connectivity index (χ1v) is 9.43. The fraction of sp³-hybridized carbons (Fsp3) is 0.0909. The van der Waals surface area contributed by atoms with Crippen molar-refractivity contribution in [1.82, 2.24) is 9.97 Å². The fourth-order valence-electron chi connectivity index (χ4n) is 3.22. The molecule has 0 radical (unpaired) electrons. The van der Waals surface area contributed by atoms with E-state index in [2.05, 4.69) is 20.6 Å². The number of carbonyl (C=O) groups is 1. The Bertz CT molecular complexity index is 1330. The lowest BCUT2D eigenvalue weighted by molar-refractivity contribution is -0.137. The van der Waals surface area contributed by atoms with Crippen molar-refractivity contribution >= 4 is 28.4 Å². The molecular weight excluding hydrogens is 447 g/mol. The van der Waals surface area contributed by atoms with E-state index in [4.69, 9.17) is 4.74 Å². The van der Waals surface area contributed by atoms with Crippen LogP contribution in [-0.2, 0) is 6.18 Å². The Labute approximate surface area is 183 Å². The van der Waals surface area contributed by atoms with Crippen LogP contribution in [-0.4, -0.2) is 23.1 Å². The maximum atomic E-state index is 14.4. The van der Waals surface area contributed by atoms with Crippen molar-refractivity contribution in [2.24, 2.45) is 0 Å². The molecule has 0 unspecified atom stereocenters. The molecule has 0 aliphatic rings. The molecule has 0 atom stereocenters. The van der Waals surface area contributed by atoms with Gasteiger partial charge in [-0.15, -0.1) is 0 Å². The Morgan fingerprint density at radius 3 is 2.39 bits per heavy atom. The first-order valence-electron chi connectivity index (χ1n) is 9.43. The summed E-state index contributed by atoms with van der Waals surface area (Å²) < 4.78 is 71.1. The van der Waals surface area contributed by atoms with E-state index < -0.39 is 29.4 Å². The quantitative estimate of drug-likeness (QED) is 0.317. The van der Waals surface area contributed by atoms with Crippen LogP contribution in [0.15, 0.2) is 54.7 Å². The van der Waals surface area contributed by atoms with Gasteiger partial charge < -0.3 is 20.4 Å². The van der Waals surface area contributed by atoms with E-state index in [0.717, 1.165) is 30.3 Å². The number of aromatic amines is 1. The number of nitrogens with zero attached hydrogens (tertiary/aromatic N) is 1. The highest BCUT2D eigenvalue weighted by Crippen LogP contribution is 2.35. The van der Waals surface area contributed by atoms with E-state index in [1.807, 2.05) is 0 Å². The van der Waals surface area contributed by atoms with Gasteiger partial charge in [0.25, 0.3) is 0 Å². The molecule has 4 aromatic rings. The molecule has 2 aromatic carbocycles. The molecule has 0 aliphatic carbocycles. The number of anilines is 2. The van der Waals surface area contributed by atoms with Gasteiger partial charge in [0.15, 0.2) is 11.6 Å². The van der Waals surface area contributed by atoms with Crippen LogP contribution in [0.2, 0.25) is 0 Å². The van der Waals surface area contributed by atoms with Crippen molar-refractivity contribution in [2.75, 3.05) is 17.7 Å². The van der Waals surface area contributed by atoms with Crippen LogP contribution in [0.1, 0.15) is 5.56 Å². The van der Waals surface area contributed by atoms with Gasteiger partial charge in [-0.1, -0.05) is 0 Å². The van der Waals surface area contributed by atoms with Crippen molar-refractivity contribution in [3.8, 4) is 17.0 Å². The van der Waals surface area contributed by atoms with E-state index in [0.29, 0.717) is 11.1 Å². The predicted molar refractivity (Wildman–Crippen MR) is 112 cm³/mol. The molecule has 0 saturated heterocycles. The number of nitrogens with one attached hydrogen (secondary N) is 3. The third-order valence-corrected chi connectivity index (χ3v) is 4.79. The largest absolute Gasteiger partial charge is 0.496 e.